The molecule has 20 heavy (non-hydrogen) atoms. The monoisotopic (exact) mass is 313 g/mol. The van der Waals surface area contributed by atoms with Crippen LogP contribution < -0.4 is 10.2 Å². The Morgan fingerprint density at radius 1 is 1.55 bits per heavy atom. The minimum atomic E-state index is 0.476. The highest BCUT2D eigenvalue weighted by molar-refractivity contribution is 7.98. The van der Waals surface area contributed by atoms with Gasteiger partial charge in [0.05, 0.1) is 11.7 Å². The fourth-order valence-electron chi connectivity index (χ4n) is 2.67. The van der Waals surface area contributed by atoms with Crippen molar-refractivity contribution in [1.82, 2.24) is 10.3 Å². The molecule has 2 rings (SSSR count). The van der Waals surface area contributed by atoms with Gasteiger partial charge in [0.15, 0.2) is 5.13 Å². The lowest BCUT2D eigenvalue weighted by molar-refractivity contribution is 0.465. The molecular weight excluding hydrogens is 286 g/mol. The summed E-state index contributed by atoms with van der Waals surface area (Å²) in [6, 6.07) is 1.04. The summed E-state index contributed by atoms with van der Waals surface area (Å²) in [5, 5.41) is 4.78. The van der Waals surface area contributed by atoms with Crippen LogP contribution >= 0.6 is 23.1 Å². The molecule has 0 amide bonds. The van der Waals surface area contributed by atoms with Crippen LogP contribution in [0.4, 0.5) is 5.13 Å². The molecule has 3 nitrogen and oxygen atoms in total. The number of anilines is 1. The van der Waals surface area contributed by atoms with E-state index in [1.54, 1.807) is 0 Å². The summed E-state index contributed by atoms with van der Waals surface area (Å²) in [7, 11) is 2.19. The van der Waals surface area contributed by atoms with Gasteiger partial charge in [-0.25, -0.2) is 4.98 Å². The average Bonchev–Trinajstić information content (AvgIpc) is 2.89. The van der Waals surface area contributed by atoms with Crippen molar-refractivity contribution in [3.05, 3.63) is 10.6 Å². The van der Waals surface area contributed by atoms with Crippen molar-refractivity contribution >= 4 is 28.2 Å². The van der Waals surface area contributed by atoms with Gasteiger partial charge in [-0.1, -0.05) is 6.92 Å². The fourth-order valence-corrected chi connectivity index (χ4v) is 4.48. The van der Waals surface area contributed by atoms with Gasteiger partial charge in [-0.15, -0.1) is 11.3 Å². The van der Waals surface area contributed by atoms with Crippen molar-refractivity contribution in [2.45, 2.75) is 51.6 Å². The highest BCUT2D eigenvalue weighted by Crippen LogP contribution is 2.37. The zero-order valence-electron chi connectivity index (χ0n) is 13.1. The second-order valence-electron chi connectivity index (χ2n) is 5.55. The van der Waals surface area contributed by atoms with E-state index >= 15 is 0 Å². The van der Waals surface area contributed by atoms with Crippen LogP contribution in [0.25, 0.3) is 0 Å². The van der Waals surface area contributed by atoms with Crippen molar-refractivity contribution < 1.29 is 0 Å². The van der Waals surface area contributed by atoms with Crippen molar-refractivity contribution in [1.29, 1.82) is 0 Å². The molecule has 0 radical (unpaired) electrons. The molecule has 0 spiro atoms. The first-order valence-electron chi connectivity index (χ1n) is 7.62. The van der Waals surface area contributed by atoms with Crippen molar-refractivity contribution in [2.24, 2.45) is 0 Å². The molecule has 1 aliphatic rings. The Bertz CT molecular complexity index is 419. The van der Waals surface area contributed by atoms with Gasteiger partial charge < -0.3 is 10.2 Å². The SMILES string of the molecule is CCNC1CCCc2sc(N(C)C(C)CCSC)nc21. The van der Waals surface area contributed by atoms with E-state index in [9.17, 15) is 0 Å². The maximum atomic E-state index is 4.96. The summed E-state index contributed by atoms with van der Waals surface area (Å²) >= 11 is 3.83. The van der Waals surface area contributed by atoms with Crippen LogP contribution in [0.1, 0.15) is 49.7 Å². The molecule has 1 N–H and O–H groups in total. The summed E-state index contributed by atoms with van der Waals surface area (Å²) in [4.78, 5) is 8.82. The van der Waals surface area contributed by atoms with E-state index in [0.717, 1.165) is 6.54 Å². The zero-order valence-corrected chi connectivity index (χ0v) is 14.7. The molecule has 0 fully saturated rings. The van der Waals surface area contributed by atoms with Crippen molar-refractivity contribution in [3.8, 4) is 0 Å². The Labute approximate surface area is 131 Å². The molecule has 1 aromatic rings. The van der Waals surface area contributed by atoms with Crippen molar-refractivity contribution in [3.63, 3.8) is 0 Å². The molecule has 0 saturated heterocycles. The highest BCUT2D eigenvalue weighted by Gasteiger charge is 2.25. The first-order valence-corrected chi connectivity index (χ1v) is 9.83. The number of fused-ring (bicyclic) bond motifs is 1. The lowest BCUT2D eigenvalue weighted by Crippen LogP contribution is -2.29. The normalized spacial score (nSPS) is 19.7. The number of aryl methyl sites for hydroxylation is 1. The third-order valence-electron chi connectivity index (χ3n) is 4.10. The van der Waals surface area contributed by atoms with E-state index < -0.39 is 0 Å². The molecule has 1 heterocycles. The van der Waals surface area contributed by atoms with Crippen LogP contribution in [0.3, 0.4) is 0 Å². The molecule has 0 aromatic carbocycles. The molecule has 5 heteroatoms. The van der Waals surface area contributed by atoms with Crippen LogP contribution in [0.5, 0.6) is 0 Å². The maximum absolute atomic E-state index is 4.96. The summed E-state index contributed by atoms with van der Waals surface area (Å²) in [5.74, 6) is 1.22. The minimum Gasteiger partial charge on any atom is -0.348 e. The topological polar surface area (TPSA) is 28.2 Å². The van der Waals surface area contributed by atoms with E-state index in [0.29, 0.717) is 12.1 Å². The number of thioether (sulfide) groups is 1. The maximum Gasteiger partial charge on any atom is 0.185 e. The summed E-state index contributed by atoms with van der Waals surface area (Å²) < 4.78 is 0. The molecule has 1 aromatic heterocycles. The van der Waals surface area contributed by atoms with Crippen LogP contribution in [0, 0.1) is 0 Å². The number of nitrogens with one attached hydrogen (secondary N) is 1. The zero-order chi connectivity index (χ0) is 14.5. The lowest BCUT2D eigenvalue weighted by Gasteiger charge is -2.24. The van der Waals surface area contributed by atoms with Gasteiger partial charge in [-0.3, -0.25) is 0 Å². The van der Waals surface area contributed by atoms with E-state index in [1.807, 2.05) is 23.1 Å². The van der Waals surface area contributed by atoms with E-state index in [1.165, 1.54) is 47.1 Å². The first-order chi connectivity index (χ1) is 9.67. The Morgan fingerprint density at radius 3 is 3.05 bits per heavy atom. The molecule has 0 saturated carbocycles. The van der Waals surface area contributed by atoms with Crippen LogP contribution in [0.2, 0.25) is 0 Å². The Morgan fingerprint density at radius 2 is 2.35 bits per heavy atom. The second-order valence-corrected chi connectivity index (χ2v) is 7.60. The minimum absolute atomic E-state index is 0.476. The summed E-state index contributed by atoms with van der Waals surface area (Å²) in [5.41, 5.74) is 1.32. The molecule has 2 unspecified atom stereocenters. The van der Waals surface area contributed by atoms with Crippen molar-refractivity contribution in [2.75, 3.05) is 30.5 Å². The lowest BCUT2D eigenvalue weighted by atomic mass is 9.98. The quantitative estimate of drug-likeness (QED) is 0.830. The highest BCUT2D eigenvalue weighted by atomic mass is 32.2. The van der Waals surface area contributed by atoms with Gasteiger partial charge in [0, 0.05) is 18.0 Å². The number of rotatable bonds is 7. The molecule has 2 atom stereocenters. The van der Waals surface area contributed by atoms with Gasteiger partial charge in [-0.05, 0) is 51.2 Å². The molecule has 114 valence electrons. The third kappa shape index (κ3) is 3.68. The van der Waals surface area contributed by atoms with Crippen LogP contribution in [-0.4, -0.2) is 36.6 Å². The standard InChI is InChI=1S/C15H27N3S2/c1-5-16-12-7-6-8-13-14(12)17-15(20-13)18(3)11(2)9-10-19-4/h11-12,16H,5-10H2,1-4H3. The molecule has 0 bridgehead atoms. The van der Waals surface area contributed by atoms with E-state index in [-0.39, 0.29) is 0 Å². The molecule has 1 aliphatic carbocycles. The Kier molecular flexibility index (Phi) is 6.18. The molecular formula is C15H27N3S2. The summed E-state index contributed by atoms with van der Waals surface area (Å²) in [6.07, 6.45) is 7.13. The predicted octanol–water partition coefficient (Wildman–Crippen LogP) is 3.71. The number of nitrogens with zero attached hydrogens (tertiary/aromatic N) is 2. The van der Waals surface area contributed by atoms with Crippen LogP contribution in [-0.2, 0) is 6.42 Å². The Balaban J connectivity index is 2.10. The number of thiazole rings is 1. The van der Waals surface area contributed by atoms with E-state index in [2.05, 4.69) is 37.4 Å². The van der Waals surface area contributed by atoms with Gasteiger partial charge in [0.25, 0.3) is 0 Å². The average molecular weight is 314 g/mol. The van der Waals surface area contributed by atoms with Gasteiger partial charge in [0.2, 0.25) is 0 Å². The van der Waals surface area contributed by atoms with Gasteiger partial charge in [-0.2, -0.15) is 11.8 Å². The number of aromatic nitrogens is 1. The smallest absolute Gasteiger partial charge is 0.185 e. The Hall–Kier alpha value is -0.260. The predicted molar refractivity (Wildman–Crippen MR) is 92.3 cm³/mol. The summed E-state index contributed by atoms with van der Waals surface area (Å²) in [6.45, 7) is 5.51. The van der Waals surface area contributed by atoms with Crippen LogP contribution in [0.15, 0.2) is 0 Å². The second kappa shape index (κ2) is 7.66. The fraction of sp³-hybridized carbons (Fsp3) is 0.800. The van der Waals surface area contributed by atoms with Gasteiger partial charge >= 0.3 is 0 Å². The van der Waals surface area contributed by atoms with E-state index in [4.69, 9.17) is 4.98 Å². The largest absolute Gasteiger partial charge is 0.348 e. The number of hydrogen-bond donors (Lipinski definition) is 1. The van der Waals surface area contributed by atoms with Gasteiger partial charge in [0.1, 0.15) is 0 Å². The number of hydrogen-bond acceptors (Lipinski definition) is 5. The third-order valence-corrected chi connectivity index (χ3v) is 5.96. The first kappa shape index (κ1) is 16.1. The molecule has 0 aliphatic heterocycles.